The van der Waals surface area contributed by atoms with Crippen LogP contribution in [0.25, 0.3) is 11.0 Å². The van der Waals surface area contributed by atoms with Gasteiger partial charge in [-0.1, -0.05) is 6.07 Å². The maximum atomic E-state index is 12.5. The first kappa shape index (κ1) is 14.9. The molecule has 0 aliphatic carbocycles. The van der Waals surface area contributed by atoms with Crippen molar-refractivity contribution in [2.75, 3.05) is 6.54 Å². The molecule has 7 heteroatoms. The summed E-state index contributed by atoms with van der Waals surface area (Å²) in [6.07, 6.45) is 2.50. The van der Waals surface area contributed by atoms with E-state index in [0.29, 0.717) is 6.54 Å². The van der Waals surface area contributed by atoms with Crippen LogP contribution in [-0.2, 0) is 17.8 Å². The zero-order valence-corrected chi connectivity index (χ0v) is 13.7. The second-order valence-corrected chi connectivity index (χ2v) is 6.21. The summed E-state index contributed by atoms with van der Waals surface area (Å²) in [5, 5.41) is 6.16. The van der Waals surface area contributed by atoms with Gasteiger partial charge in [0.1, 0.15) is 11.9 Å². The van der Waals surface area contributed by atoms with Gasteiger partial charge in [0.05, 0.1) is 29.6 Å². The van der Waals surface area contributed by atoms with Gasteiger partial charge in [0.15, 0.2) is 0 Å². The molecule has 0 saturated heterocycles. The number of aromatic nitrogens is 4. The minimum Gasteiger partial charge on any atom is -0.348 e. The zero-order chi connectivity index (χ0) is 16.7. The largest absolute Gasteiger partial charge is 0.348 e. The van der Waals surface area contributed by atoms with Gasteiger partial charge in [-0.3, -0.25) is 4.79 Å². The molecule has 0 saturated carbocycles. The molecule has 3 heterocycles. The summed E-state index contributed by atoms with van der Waals surface area (Å²) in [5.74, 6) is 0.668. The average molecular weight is 324 g/mol. The fraction of sp³-hybridized carbons (Fsp3) is 0.353. The van der Waals surface area contributed by atoms with Crippen molar-refractivity contribution in [1.29, 1.82) is 0 Å². The van der Waals surface area contributed by atoms with E-state index in [0.717, 1.165) is 46.8 Å². The minimum absolute atomic E-state index is 0.0867. The van der Waals surface area contributed by atoms with E-state index in [1.807, 2.05) is 6.07 Å². The average Bonchev–Trinajstić information content (AvgIpc) is 3.22. The topological polar surface area (TPSA) is 98.5 Å². The molecule has 0 radical (unpaired) electrons. The Morgan fingerprint density at radius 1 is 1.38 bits per heavy atom. The molecular formula is C17H20N6O. The number of H-pyrrole nitrogens is 2. The van der Waals surface area contributed by atoms with Gasteiger partial charge in [0, 0.05) is 18.7 Å². The standard InChI is InChI=1S/C17H20N6O/c1-9-3-4-12-14(10(9)2)23-13(22-12)7-19-17(24)16-15-11(5-6-18-16)20-8-21-15/h3-4,8,16,18H,5-7H2,1-2H3,(H,19,24)(H,20,21)(H,22,23)/t16-/m0/s1. The van der Waals surface area contributed by atoms with Gasteiger partial charge in [-0.15, -0.1) is 0 Å². The summed E-state index contributed by atoms with van der Waals surface area (Å²) in [7, 11) is 0. The van der Waals surface area contributed by atoms with Crippen LogP contribution in [0.1, 0.15) is 34.4 Å². The molecule has 24 heavy (non-hydrogen) atoms. The van der Waals surface area contributed by atoms with Crippen molar-refractivity contribution in [3.63, 3.8) is 0 Å². The molecule has 1 aromatic carbocycles. The van der Waals surface area contributed by atoms with E-state index >= 15 is 0 Å². The van der Waals surface area contributed by atoms with Crippen LogP contribution in [0.4, 0.5) is 0 Å². The van der Waals surface area contributed by atoms with Crippen LogP contribution in [0, 0.1) is 13.8 Å². The first-order valence-corrected chi connectivity index (χ1v) is 8.11. The van der Waals surface area contributed by atoms with Crippen molar-refractivity contribution < 1.29 is 4.79 Å². The van der Waals surface area contributed by atoms with Crippen LogP contribution < -0.4 is 10.6 Å². The third-order valence-corrected chi connectivity index (χ3v) is 4.67. The van der Waals surface area contributed by atoms with Crippen LogP contribution >= 0.6 is 0 Å². The maximum Gasteiger partial charge on any atom is 0.243 e. The molecule has 3 aromatic rings. The van der Waals surface area contributed by atoms with Crippen LogP contribution in [0.5, 0.6) is 0 Å². The Kier molecular flexibility index (Phi) is 3.57. The number of carbonyl (C=O) groups excluding carboxylic acids is 1. The summed E-state index contributed by atoms with van der Waals surface area (Å²) in [6.45, 7) is 5.26. The molecule has 4 rings (SSSR count). The van der Waals surface area contributed by atoms with Crippen molar-refractivity contribution >= 4 is 16.9 Å². The lowest BCUT2D eigenvalue weighted by atomic mass is 10.1. The summed E-state index contributed by atoms with van der Waals surface area (Å²) in [6, 6.07) is 3.69. The number of amides is 1. The van der Waals surface area contributed by atoms with E-state index in [-0.39, 0.29) is 5.91 Å². The fourth-order valence-electron chi connectivity index (χ4n) is 3.16. The quantitative estimate of drug-likeness (QED) is 0.585. The van der Waals surface area contributed by atoms with Crippen molar-refractivity contribution in [2.24, 2.45) is 0 Å². The Balaban J connectivity index is 1.50. The highest BCUT2D eigenvalue weighted by atomic mass is 16.2. The van der Waals surface area contributed by atoms with E-state index in [1.165, 1.54) is 5.56 Å². The van der Waals surface area contributed by atoms with Gasteiger partial charge >= 0.3 is 0 Å². The van der Waals surface area contributed by atoms with Crippen molar-refractivity contribution in [3.8, 4) is 0 Å². The fourth-order valence-corrected chi connectivity index (χ4v) is 3.16. The second-order valence-electron chi connectivity index (χ2n) is 6.21. The summed E-state index contributed by atoms with van der Waals surface area (Å²) < 4.78 is 0. The molecule has 2 aromatic heterocycles. The predicted molar refractivity (Wildman–Crippen MR) is 90.4 cm³/mol. The first-order valence-electron chi connectivity index (χ1n) is 8.11. The smallest absolute Gasteiger partial charge is 0.243 e. The van der Waals surface area contributed by atoms with Crippen LogP contribution in [-0.4, -0.2) is 32.4 Å². The molecule has 1 aliphatic rings. The van der Waals surface area contributed by atoms with Crippen LogP contribution in [0.15, 0.2) is 18.5 Å². The number of imidazole rings is 2. The van der Waals surface area contributed by atoms with E-state index in [2.05, 4.69) is 50.5 Å². The van der Waals surface area contributed by atoms with Gasteiger partial charge in [-0.25, -0.2) is 9.97 Å². The summed E-state index contributed by atoms with van der Waals surface area (Å²) in [4.78, 5) is 27.7. The highest BCUT2D eigenvalue weighted by Gasteiger charge is 2.28. The van der Waals surface area contributed by atoms with Crippen LogP contribution in [0.2, 0.25) is 0 Å². The van der Waals surface area contributed by atoms with Crippen molar-refractivity contribution in [2.45, 2.75) is 32.9 Å². The highest BCUT2D eigenvalue weighted by Crippen LogP contribution is 2.21. The normalized spacial score (nSPS) is 17.0. The first-order chi connectivity index (χ1) is 11.6. The Morgan fingerprint density at radius 3 is 3.12 bits per heavy atom. The monoisotopic (exact) mass is 324 g/mol. The van der Waals surface area contributed by atoms with E-state index in [1.54, 1.807) is 6.33 Å². The molecule has 1 aliphatic heterocycles. The van der Waals surface area contributed by atoms with E-state index < -0.39 is 6.04 Å². The molecule has 1 amide bonds. The van der Waals surface area contributed by atoms with Gasteiger partial charge < -0.3 is 20.6 Å². The number of benzene rings is 1. The summed E-state index contributed by atoms with van der Waals surface area (Å²) in [5.41, 5.74) is 6.15. The maximum absolute atomic E-state index is 12.5. The van der Waals surface area contributed by atoms with Crippen molar-refractivity contribution in [1.82, 2.24) is 30.6 Å². The number of aromatic amines is 2. The highest BCUT2D eigenvalue weighted by molar-refractivity contribution is 5.83. The van der Waals surface area contributed by atoms with Gasteiger partial charge in [0.25, 0.3) is 0 Å². The lowest BCUT2D eigenvalue weighted by molar-refractivity contribution is -0.123. The summed E-state index contributed by atoms with van der Waals surface area (Å²) >= 11 is 0. The second kappa shape index (κ2) is 5.76. The number of fused-ring (bicyclic) bond motifs is 2. The molecule has 0 spiro atoms. The Morgan fingerprint density at radius 2 is 2.25 bits per heavy atom. The zero-order valence-electron chi connectivity index (χ0n) is 13.7. The van der Waals surface area contributed by atoms with Crippen LogP contribution in [0.3, 0.4) is 0 Å². The molecule has 1 atom stereocenters. The molecule has 7 nitrogen and oxygen atoms in total. The van der Waals surface area contributed by atoms with Gasteiger partial charge in [-0.2, -0.15) is 0 Å². The lowest BCUT2D eigenvalue weighted by Gasteiger charge is -2.21. The Hall–Kier alpha value is -2.67. The molecule has 4 N–H and O–H groups in total. The molecule has 124 valence electrons. The number of nitrogens with zero attached hydrogens (tertiary/aromatic N) is 2. The third-order valence-electron chi connectivity index (χ3n) is 4.67. The molecule has 0 unspecified atom stereocenters. The molecular weight excluding hydrogens is 304 g/mol. The van der Waals surface area contributed by atoms with E-state index in [9.17, 15) is 4.79 Å². The number of nitrogens with one attached hydrogen (secondary N) is 4. The number of carbonyl (C=O) groups is 1. The Bertz CT molecular complexity index is 909. The van der Waals surface area contributed by atoms with Gasteiger partial charge in [-0.05, 0) is 31.0 Å². The Labute approximate surface area is 139 Å². The molecule has 0 bridgehead atoms. The third kappa shape index (κ3) is 2.46. The van der Waals surface area contributed by atoms with E-state index in [4.69, 9.17) is 0 Å². The predicted octanol–water partition coefficient (Wildman–Crippen LogP) is 1.41. The molecule has 0 fully saturated rings. The lowest BCUT2D eigenvalue weighted by Crippen LogP contribution is -2.41. The number of aryl methyl sites for hydroxylation is 2. The van der Waals surface area contributed by atoms with Gasteiger partial charge in [0.2, 0.25) is 5.91 Å². The van der Waals surface area contributed by atoms with Crippen molar-refractivity contribution in [3.05, 3.63) is 46.8 Å². The number of hydrogen-bond donors (Lipinski definition) is 4. The number of rotatable bonds is 3. The SMILES string of the molecule is Cc1ccc2[nH]c(CNC(=O)[C@H]3NCCc4[nH]cnc43)nc2c1C. The number of hydrogen-bond acceptors (Lipinski definition) is 4. The minimum atomic E-state index is -0.409.